The molecule has 2 nitrogen and oxygen atoms in total. The van der Waals surface area contributed by atoms with E-state index in [1.165, 1.54) is 11.1 Å². The van der Waals surface area contributed by atoms with E-state index in [0.29, 0.717) is 12.8 Å². The molecule has 0 saturated carbocycles. The maximum Gasteiger partial charge on any atom is 0.0919 e. The SMILES string of the molecule is Cc1cccc(CC(O)(Cc2cccc(C)c2)[C@H](N)c2ccccc2C)c1. The summed E-state index contributed by atoms with van der Waals surface area (Å²) in [6.07, 6.45) is 1.02. The number of hydrogen-bond donors (Lipinski definition) is 2. The zero-order valence-corrected chi connectivity index (χ0v) is 16.4. The molecule has 1 atom stereocenters. The smallest absolute Gasteiger partial charge is 0.0919 e. The van der Waals surface area contributed by atoms with E-state index in [2.05, 4.69) is 63.2 Å². The van der Waals surface area contributed by atoms with Crippen molar-refractivity contribution < 1.29 is 5.11 Å². The van der Waals surface area contributed by atoms with E-state index < -0.39 is 11.6 Å². The van der Waals surface area contributed by atoms with Crippen LogP contribution in [0.5, 0.6) is 0 Å². The van der Waals surface area contributed by atoms with Crippen molar-refractivity contribution >= 4 is 0 Å². The van der Waals surface area contributed by atoms with Crippen molar-refractivity contribution in [1.82, 2.24) is 0 Å². The number of nitrogens with two attached hydrogens (primary N) is 1. The second kappa shape index (κ2) is 8.08. The monoisotopic (exact) mass is 359 g/mol. The van der Waals surface area contributed by atoms with Crippen LogP contribution in [-0.2, 0) is 12.8 Å². The molecule has 0 aliphatic heterocycles. The second-order valence-corrected chi connectivity index (χ2v) is 7.77. The fourth-order valence-electron chi connectivity index (χ4n) is 3.86. The van der Waals surface area contributed by atoms with Gasteiger partial charge < -0.3 is 10.8 Å². The Bertz CT molecular complexity index is 868. The third-order valence-electron chi connectivity index (χ3n) is 5.29. The third-order valence-corrected chi connectivity index (χ3v) is 5.29. The summed E-state index contributed by atoms with van der Waals surface area (Å²) in [6, 6.07) is 24.2. The highest BCUT2D eigenvalue weighted by Crippen LogP contribution is 2.33. The van der Waals surface area contributed by atoms with Gasteiger partial charge in [-0.15, -0.1) is 0 Å². The molecule has 0 fully saturated rings. The summed E-state index contributed by atoms with van der Waals surface area (Å²) in [5, 5.41) is 11.8. The van der Waals surface area contributed by atoms with Crippen molar-refractivity contribution in [1.29, 1.82) is 0 Å². The van der Waals surface area contributed by atoms with E-state index >= 15 is 0 Å². The lowest BCUT2D eigenvalue weighted by Crippen LogP contribution is -2.45. The molecule has 0 heterocycles. The minimum Gasteiger partial charge on any atom is -0.387 e. The highest BCUT2D eigenvalue weighted by Gasteiger charge is 2.36. The molecule has 0 aliphatic carbocycles. The standard InChI is InChI=1S/C25H29NO/c1-18-8-6-11-21(14-18)16-25(27,17-22-12-7-9-19(2)15-22)24(26)23-13-5-4-10-20(23)3/h4-15,24,27H,16-17,26H2,1-3H3/t24-/m1/s1. The van der Waals surface area contributed by atoms with Gasteiger partial charge in [0.2, 0.25) is 0 Å². The first kappa shape index (κ1) is 19.3. The van der Waals surface area contributed by atoms with Crippen molar-refractivity contribution in [3.05, 3.63) is 106 Å². The average molecular weight is 360 g/mol. The first-order chi connectivity index (χ1) is 12.9. The largest absolute Gasteiger partial charge is 0.387 e. The Balaban J connectivity index is 2.00. The van der Waals surface area contributed by atoms with Crippen molar-refractivity contribution in [3.8, 4) is 0 Å². The summed E-state index contributed by atoms with van der Waals surface area (Å²) >= 11 is 0. The van der Waals surface area contributed by atoms with Crippen LogP contribution in [0.3, 0.4) is 0 Å². The molecule has 0 aliphatic rings. The molecule has 140 valence electrons. The van der Waals surface area contributed by atoms with Crippen LogP contribution in [0.4, 0.5) is 0 Å². The van der Waals surface area contributed by atoms with Gasteiger partial charge in [0.15, 0.2) is 0 Å². The molecule has 0 spiro atoms. The summed E-state index contributed by atoms with van der Waals surface area (Å²) in [4.78, 5) is 0. The minimum atomic E-state index is -1.08. The van der Waals surface area contributed by atoms with Gasteiger partial charge in [-0.3, -0.25) is 0 Å². The lowest BCUT2D eigenvalue weighted by atomic mass is 9.78. The maximum absolute atomic E-state index is 11.8. The number of aliphatic hydroxyl groups is 1. The summed E-state index contributed by atoms with van der Waals surface area (Å²) in [5.74, 6) is 0. The molecule has 3 aromatic rings. The van der Waals surface area contributed by atoms with Gasteiger partial charge in [0.25, 0.3) is 0 Å². The Hall–Kier alpha value is -2.42. The van der Waals surface area contributed by atoms with E-state index in [1.807, 2.05) is 30.3 Å². The van der Waals surface area contributed by atoms with E-state index in [4.69, 9.17) is 5.73 Å². The lowest BCUT2D eigenvalue weighted by Gasteiger charge is -2.35. The van der Waals surface area contributed by atoms with E-state index in [-0.39, 0.29) is 0 Å². The Kier molecular flexibility index (Phi) is 5.79. The van der Waals surface area contributed by atoms with Gasteiger partial charge in [0, 0.05) is 12.8 Å². The van der Waals surface area contributed by atoms with Crippen LogP contribution in [0.2, 0.25) is 0 Å². The van der Waals surface area contributed by atoms with Gasteiger partial charge in [-0.05, 0) is 43.0 Å². The first-order valence-corrected chi connectivity index (χ1v) is 9.52. The van der Waals surface area contributed by atoms with Crippen LogP contribution in [0.1, 0.15) is 39.4 Å². The third kappa shape index (κ3) is 4.65. The number of aryl methyl sites for hydroxylation is 3. The predicted molar refractivity (Wildman–Crippen MR) is 113 cm³/mol. The quantitative estimate of drug-likeness (QED) is 0.662. The molecule has 0 amide bonds. The summed E-state index contributed by atoms with van der Waals surface area (Å²) in [6.45, 7) is 6.20. The Morgan fingerprint density at radius 1 is 0.778 bits per heavy atom. The Labute approximate surface area is 162 Å². The van der Waals surface area contributed by atoms with E-state index in [9.17, 15) is 5.11 Å². The zero-order valence-electron chi connectivity index (χ0n) is 16.4. The Morgan fingerprint density at radius 2 is 1.30 bits per heavy atom. The molecule has 0 saturated heterocycles. The van der Waals surface area contributed by atoms with Gasteiger partial charge in [-0.25, -0.2) is 0 Å². The van der Waals surface area contributed by atoms with Gasteiger partial charge in [0.1, 0.15) is 0 Å². The molecule has 3 aromatic carbocycles. The second-order valence-electron chi connectivity index (χ2n) is 7.77. The summed E-state index contributed by atoms with van der Waals surface area (Å²) < 4.78 is 0. The minimum absolute atomic E-state index is 0.472. The fraction of sp³-hybridized carbons (Fsp3) is 0.280. The first-order valence-electron chi connectivity index (χ1n) is 9.52. The summed E-state index contributed by atoms with van der Waals surface area (Å²) in [7, 11) is 0. The van der Waals surface area contributed by atoms with Crippen molar-refractivity contribution in [2.75, 3.05) is 0 Å². The predicted octanol–water partition coefficient (Wildman–Crippen LogP) is 4.83. The lowest BCUT2D eigenvalue weighted by molar-refractivity contribution is 0.0134. The van der Waals surface area contributed by atoms with Gasteiger partial charge in [-0.2, -0.15) is 0 Å². The Morgan fingerprint density at radius 3 is 1.78 bits per heavy atom. The fourth-order valence-corrected chi connectivity index (χ4v) is 3.86. The molecule has 0 unspecified atom stereocenters. The number of benzene rings is 3. The van der Waals surface area contributed by atoms with Gasteiger partial charge in [-0.1, -0.05) is 83.9 Å². The molecule has 0 radical (unpaired) electrons. The summed E-state index contributed by atoms with van der Waals surface area (Å²) in [5.41, 5.74) is 12.3. The number of rotatable bonds is 6. The molecule has 3 rings (SSSR count). The molecule has 0 aromatic heterocycles. The van der Waals surface area contributed by atoms with Crippen LogP contribution < -0.4 is 5.73 Å². The molecule has 3 N–H and O–H groups in total. The van der Waals surface area contributed by atoms with Crippen molar-refractivity contribution in [3.63, 3.8) is 0 Å². The molecule has 0 bridgehead atoms. The van der Waals surface area contributed by atoms with Gasteiger partial charge >= 0.3 is 0 Å². The van der Waals surface area contributed by atoms with Crippen molar-refractivity contribution in [2.45, 2.75) is 45.3 Å². The van der Waals surface area contributed by atoms with Crippen LogP contribution in [-0.4, -0.2) is 10.7 Å². The van der Waals surface area contributed by atoms with Crippen LogP contribution in [0.15, 0.2) is 72.8 Å². The van der Waals surface area contributed by atoms with Crippen LogP contribution >= 0.6 is 0 Å². The average Bonchev–Trinajstić information content (AvgIpc) is 2.61. The normalized spacial score (nSPS) is 12.8. The zero-order chi connectivity index (χ0) is 19.4. The highest BCUT2D eigenvalue weighted by molar-refractivity contribution is 5.34. The van der Waals surface area contributed by atoms with E-state index in [0.717, 1.165) is 22.3 Å². The van der Waals surface area contributed by atoms with Crippen molar-refractivity contribution in [2.24, 2.45) is 5.73 Å². The van der Waals surface area contributed by atoms with Gasteiger partial charge in [0.05, 0.1) is 11.6 Å². The highest BCUT2D eigenvalue weighted by atomic mass is 16.3. The van der Waals surface area contributed by atoms with E-state index in [1.54, 1.807) is 0 Å². The topological polar surface area (TPSA) is 46.2 Å². The molecular weight excluding hydrogens is 330 g/mol. The van der Waals surface area contributed by atoms with Crippen LogP contribution in [0, 0.1) is 20.8 Å². The molecule has 2 heteroatoms. The molecular formula is C25H29NO. The maximum atomic E-state index is 11.8. The van der Waals surface area contributed by atoms with Crippen LogP contribution in [0.25, 0.3) is 0 Å². The number of hydrogen-bond acceptors (Lipinski definition) is 2. The molecule has 27 heavy (non-hydrogen) atoms.